The average molecular weight is 107 g/mol. The second-order valence-electron chi connectivity index (χ2n) is 0.471. The molecule has 0 heterocycles. The standard InChI is InChI=1S/CH2BN.BF3/c2-1-3;2-1(3)4/h2H2;. The average Bonchev–Trinajstić information content (AvgIpc) is 1.33. The summed E-state index contributed by atoms with van der Waals surface area (Å²) in [5.74, 6) is 1.75. The number of nitrogens with zero attached hydrogens (tertiary/aromatic N) is 1. The number of nitriles is 1. The van der Waals surface area contributed by atoms with Gasteiger partial charge >= 0.3 is 7.54 Å². The molecule has 0 rings (SSSR count). The van der Waals surface area contributed by atoms with Gasteiger partial charge in [0.05, 0.1) is 0 Å². The molecule has 1 nitrogen and oxygen atoms in total. The van der Waals surface area contributed by atoms with Crippen molar-refractivity contribution < 1.29 is 12.9 Å². The van der Waals surface area contributed by atoms with E-state index in [4.69, 9.17) is 5.26 Å². The Hall–Kier alpha value is -0.590. The van der Waals surface area contributed by atoms with Crippen LogP contribution in [0.2, 0.25) is 0 Å². The van der Waals surface area contributed by atoms with E-state index in [-0.39, 0.29) is 0 Å². The predicted octanol–water partition coefficient (Wildman–Crippen LogP) is -0.0196. The van der Waals surface area contributed by atoms with Crippen LogP contribution in [0.5, 0.6) is 0 Å². The van der Waals surface area contributed by atoms with Crippen LogP contribution in [-0.2, 0) is 0 Å². The zero-order valence-corrected chi connectivity index (χ0v) is 3.66. The van der Waals surface area contributed by atoms with Crippen molar-refractivity contribution in [3.05, 3.63) is 0 Å². The Bertz CT molecular complexity index is 55.7. The lowest BCUT2D eigenvalue weighted by Crippen LogP contribution is -1.76. The minimum atomic E-state index is -3.67. The summed E-state index contributed by atoms with van der Waals surface area (Å²) in [5.41, 5.74) is 0. The quantitative estimate of drug-likeness (QED) is 0.399. The third-order valence-corrected chi connectivity index (χ3v) is 0. The van der Waals surface area contributed by atoms with Gasteiger partial charge in [-0.15, -0.1) is 0 Å². The van der Waals surface area contributed by atoms with E-state index in [9.17, 15) is 12.9 Å². The fourth-order valence-corrected chi connectivity index (χ4v) is 0. The van der Waals surface area contributed by atoms with E-state index >= 15 is 0 Å². The van der Waals surface area contributed by atoms with E-state index in [0.717, 1.165) is 0 Å². The molecule has 6 heteroatoms. The summed E-state index contributed by atoms with van der Waals surface area (Å²) in [4.78, 5) is 0. The van der Waals surface area contributed by atoms with Crippen molar-refractivity contribution in [2.75, 3.05) is 0 Å². The number of rotatable bonds is 0. The molecule has 0 saturated carbocycles. The third-order valence-electron chi connectivity index (χ3n) is 0. The Morgan fingerprint density at radius 3 is 1.43 bits per heavy atom. The van der Waals surface area contributed by atoms with E-state index in [1.54, 1.807) is 5.97 Å². The van der Waals surface area contributed by atoms with Crippen LogP contribution in [-0.4, -0.2) is 15.4 Å². The summed E-state index contributed by atoms with van der Waals surface area (Å²) in [6, 6.07) is 0. The highest BCUT2D eigenvalue weighted by atomic mass is 19.4. The van der Waals surface area contributed by atoms with Crippen molar-refractivity contribution in [2.45, 2.75) is 0 Å². The maximum absolute atomic E-state index is 9.67. The van der Waals surface area contributed by atoms with Crippen LogP contribution in [0, 0.1) is 11.2 Å². The second-order valence-corrected chi connectivity index (χ2v) is 0.471. The molecule has 0 aromatic heterocycles. The van der Waals surface area contributed by atoms with E-state index in [0.29, 0.717) is 0 Å². The molecular weight excluding hydrogens is 105 g/mol. The lowest BCUT2D eigenvalue weighted by molar-refractivity contribution is 0.535. The van der Waals surface area contributed by atoms with Gasteiger partial charge in [-0.2, -0.15) is 0 Å². The van der Waals surface area contributed by atoms with Crippen molar-refractivity contribution in [2.24, 2.45) is 0 Å². The highest BCUT2D eigenvalue weighted by molar-refractivity contribution is 6.33. The summed E-state index contributed by atoms with van der Waals surface area (Å²) in [5, 5.41) is 7.32. The molecule has 0 aliphatic carbocycles. The molecule has 0 aromatic carbocycles. The largest absolute Gasteiger partial charge is 0.762 e. The molecule has 0 atom stereocenters. The lowest BCUT2D eigenvalue weighted by Gasteiger charge is -1.55. The molecule has 0 saturated heterocycles. The summed E-state index contributed by atoms with van der Waals surface area (Å²) >= 11 is 0. The van der Waals surface area contributed by atoms with E-state index in [1.165, 1.54) is 7.85 Å². The van der Waals surface area contributed by atoms with Gasteiger partial charge in [-0.05, 0) is 5.97 Å². The topological polar surface area (TPSA) is 23.8 Å². The molecule has 0 aromatic rings. The third kappa shape index (κ3) is 181. The van der Waals surface area contributed by atoms with Crippen LogP contribution >= 0.6 is 0 Å². The Morgan fingerprint density at radius 2 is 1.43 bits per heavy atom. The molecule has 0 unspecified atom stereocenters. The van der Waals surface area contributed by atoms with Gasteiger partial charge in [-0.3, -0.25) is 12.9 Å². The second kappa shape index (κ2) is 9.05. The van der Waals surface area contributed by atoms with Crippen LogP contribution in [0.1, 0.15) is 0 Å². The first-order valence-electron chi connectivity index (χ1n) is 1.38. The Kier molecular flexibility index (Phi) is 12.5. The monoisotopic (exact) mass is 107 g/mol. The van der Waals surface area contributed by atoms with Gasteiger partial charge in [0.1, 0.15) is 0 Å². The molecule has 0 aliphatic heterocycles. The Labute approximate surface area is 40.8 Å². The molecular formula is CH2B2F3N. The van der Waals surface area contributed by atoms with E-state index < -0.39 is 7.54 Å². The maximum atomic E-state index is 9.67. The van der Waals surface area contributed by atoms with Crippen molar-refractivity contribution in [1.82, 2.24) is 0 Å². The van der Waals surface area contributed by atoms with E-state index in [2.05, 4.69) is 0 Å². The van der Waals surface area contributed by atoms with Gasteiger partial charge in [-0.1, -0.05) is 0 Å². The summed E-state index contributed by atoms with van der Waals surface area (Å²) < 4.78 is 29.0. The minimum absolute atomic E-state index is 1.43. The number of halogens is 3. The highest BCUT2D eigenvalue weighted by Gasteiger charge is 2.06. The van der Waals surface area contributed by atoms with Gasteiger partial charge in [0, 0.05) is 0 Å². The van der Waals surface area contributed by atoms with Crippen LogP contribution in [0.4, 0.5) is 12.9 Å². The first kappa shape index (κ1) is 9.65. The van der Waals surface area contributed by atoms with Gasteiger partial charge in [0.25, 0.3) is 0 Å². The zero-order valence-electron chi connectivity index (χ0n) is 3.66. The fraction of sp³-hybridized carbons (Fsp3) is 0. The molecule has 0 amide bonds. The van der Waals surface area contributed by atoms with Crippen LogP contribution in [0.3, 0.4) is 0 Å². The predicted molar refractivity (Wildman–Crippen MR) is 23.2 cm³/mol. The van der Waals surface area contributed by atoms with Crippen molar-refractivity contribution in [3.8, 4) is 5.97 Å². The van der Waals surface area contributed by atoms with Gasteiger partial charge in [0.15, 0.2) is 0 Å². The van der Waals surface area contributed by atoms with Crippen LogP contribution < -0.4 is 0 Å². The molecule has 7 heavy (non-hydrogen) atoms. The zero-order chi connectivity index (χ0) is 6.28. The maximum Gasteiger partial charge on any atom is 0.762 e. The summed E-state index contributed by atoms with van der Waals surface area (Å²) in [6.45, 7) is 0. The summed E-state index contributed by atoms with van der Waals surface area (Å²) in [7, 11) is -2.24. The Morgan fingerprint density at radius 1 is 1.43 bits per heavy atom. The summed E-state index contributed by atoms with van der Waals surface area (Å²) in [6.07, 6.45) is 0. The van der Waals surface area contributed by atoms with E-state index in [1.807, 2.05) is 0 Å². The number of hydrogen-bond acceptors (Lipinski definition) is 1. The first-order chi connectivity index (χ1) is 3.15. The smallest absolute Gasteiger partial charge is 0.254 e. The molecule has 0 bridgehead atoms. The molecule has 0 N–H and O–H groups in total. The van der Waals surface area contributed by atoms with Crippen molar-refractivity contribution in [1.29, 1.82) is 5.26 Å². The van der Waals surface area contributed by atoms with Crippen molar-refractivity contribution >= 4 is 15.4 Å². The highest BCUT2D eigenvalue weighted by Crippen LogP contribution is 1.80. The fourth-order valence-electron chi connectivity index (χ4n) is 0. The van der Waals surface area contributed by atoms with Gasteiger partial charge in [-0.25, -0.2) is 5.26 Å². The molecule has 0 spiro atoms. The normalized spacial score (nSPS) is 4.86. The van der Waals surface area contributed by atoms with Gasteiger partial charge in [0.2, 0.25) is 7.85 Å². The van der Waals surface area contributed by atoms with Gasteiger partial charge < -0.3 is 0 Å². The minimum Gasteiger partial charge on any atom is -0.254 e. The number of hydrogen-bond donors (Lipinski definition) is 0. The van der Waals surface area contributed by atoms with Crippen LogP contribution in [0.15, 0.2) is 0 Å². The van der Waals surface area contributed by atoms with Crippen molar-refractivity contribution in [3.63, 3.8) is 0 Å². The molecule has 0 aliphatic rings. The molecule has 0 radical (unpaired) electrons. The Balaban J connectivity index is 0. The first-order valence-corrected chi connectivity index (χ1v) is 1.38. The molecule has 38 valence electrons. The molecule has 0 fully saturated rings. The SMILES string of the molecule is BC#N.FB(F)F. The van der Waals surface area contributed by atoms with Crippen LogP contribution in [0.25, 0.3) is 0 Å². The lowest BCUT2D eigenvalue weighted by atomic mass is 10.2.